The lowest BCUT2D eigenvalue weighted by molar-refractivity contribution is -0.0987. The number of hydrogen-bond donors (Lipinski definition) is 1. The van der Waals surface area contributed by atoms with E-state index in [2.05, 4.69) is 6.92 Å². The molecule has 1 saturated heterocycles. The van der Waals surface area contributed by atoms with Gasteiger partial charge in [-0.15, -0.1) is 0 Å². The molecule has 2 heteroatoms. The number of ether oxygens (including phenoxy) is 1. The largest absolute Gasteiger partial charge is 0.375 e. The van der Waals surface area contributed by atoms with E-state index >= 15 is 0 Å². The molecule has 0 amide bonds. The van der Waals surface area contributed by atoms with Crippen LogP contribution in [0.2, 0.25) is 0 Å². The molecule has 1 aliphatic heterocycles. The van der Waals surface area contributed by atoms with Gasteiger partial charge in [0.2, 0.25) is 0 Å². The van der Waals surface area contributed by atoms with E-state index in [1.165, 1.54) is 51.4 Å². The van der Waals surface area contributed by atoms with Gasteiger partial charge in [0.1, 0.15) is 0 Å². The normalized spacial score (nSPS) is 36.0. The Hall–Kier alpha value is -0.0800. The second kappa shape index (κ2) is 4.55. The first kappa shape index (κ1) is 12.0. The van der Waals surface area contributed by atoms with E-state index in [0.29, 0.717) is 6.04 Å². The third-order valence-electron chi connectivity index (χ3n) is 5.56. The Kier molecular flexibility index (Phi) is 3.20. The zero-order valence-electron chi connectivity index (χ0n) is 11.2. The van der Waals surface area contributed by atoms with Crippen molar-refractivity contribution in [1.29, 1.82) is 0 Å². The van der Waals surface area contributed by atoms with Gasteiger partial charge in [0, 0.05) is 12.6 Å². The summed E-state index contributed by atoms with van der Waals surface area (Å²) in [4.78, 5) is 0. The van der Waals surface area contributed by atoms with Crippen LogP contribution in [0, 0.1) is 17.8 Å². The SMILES string of the molecule is CC(C1CC1)C(N)C1CCOC2(CCCC2)C1. The van der Waals surface area contributed by atoms with E-state index in [1.807, 2.05) is 0 Å². The fourth-order valence-electron chi connectivity index (χ4n) is 4.13. The predicted octanol–water partition coefficient (Wildman–Crippen LogP) is 3.10. The fourth-order valence-corrected chi connectivity index (χ4v) is 4.13. The Morgan fingerprint density at radius 3 is 2.47 bits per heavy atom. The molecule has 1 spiro atoms. The van der Waals surface area contributed by atoms with Gasteiger partial charge >= 0.3 is 0 Å². The van der Waals surface area contributed by atoms with Gasteiger partial charge in [-0.25, -0.2) is 0 Å². The van der Waals surface area contributed by atoms with Crippen molar-refractivity contribution < 1.29 is 4.74 Å². The molecule has 3 aliphatic rings. The minimum atomic E-state index is 0.240. The molecule has 0 aromatic heterocycles. The molecular weight excluding hydrogens is 210 g/mol. The summed E-state index contributed by atoms with van der Waals surface area (Å²) in [6.45, 7) is 3.33. The van der Waals surface area contributed by atoms with Crippen LogP contribution in [0.4, 0.5) is 0 Å². The Morgan fingerprint density at radius 1 is 1.12 bits per heavy atom. The first-order chi connectivity index (χ1) is 8.20. The predicted molar refractivity (Wildman–Crippen MR) is 69.7 cm³/mol. The first-order valence-corrected chi connectivity index (χ1v) is 7.60. The molecule has 2 saturated carbocycles. The summed E-state index contributed by atoms with van der Waals surface area (Å²) in [5.74, 6) is 2.39. The van der Waals surface area contributed by atoms with E-state index in [-0.39, 0.29) is 5.60 Å². The van der Waals surface area contributed by atoms with Gasteiger partial charge in [-0.1, -0.05) is 19.8 Å². The lowest BCUT2D eigenvalue weighted by Crippen LogP contribution is -2.46. The zero-order chi connectivity index (χ0) is 11.9. The van der Waals surface area contributed by atoms with E-state index in [1.54, 1.807) is 0 Å². The van der Waals surface area contributed by atoms with Gasteiger partial charge in [0.15, 0.2) is 0 Å². The first-order valence-electron chi connectivity index (χ1n) is 7.60. The maximum Gasteiger partial charge on any atom is 0.0685 e. The molecule has 2 aliphatic carbocycles. The van der Waals surface area contributed by atoms with Gasteiger partial charge in [-0.2, -0.15) is 0 Å². The molecule has 3 unspecified atom stereocenters. The van der Waals surface area contributed by atoms with Crippen LogP contribution >= 0.6 is 0 Å². The average Bonchev–Trinajstić information content (AvgIpc) is 3.11. The molecule has 0 bridgehead atoms. The maximum absolute atomic E-state index is 6.53. The van der Waals surface area contributed by atoms with Crippen LogP contribution in [-0.4, -0.2) is 18.2 Å². The second-order valence-electron chi connectivity index (χ2n) is 6.77. The molecule has 3 rings (SSSR count). The molecule has 17 heavy (non-hydrogen) atoms. The van der Waals surface area contributed by atoms with Crippen LogP contribution in [0.5, 0.6) is 0 Å². The van der Waals surface area contributed by atoms with E-state index in [4.69, 9.17) is 10.5 Å². The number of hydrogen-bond acceptors (Lipinski definition) is 2. The summed E-state index contributed by atoms with van der Waals surface area (Å²) >= 11 is 0. The molecule has 1 heterocycles. The van der Waals surface area contributed by atoms with Gasteiger partial charge in [-0.3, -0.25) is 0 Å². The minimum absolute atomic E-state index is 0.240. The highest BCUT2D eigenvalue weighted by atomic mass is 16.5. The quantitative estimate of drug-likeness (QED) is 0.818. The molecule has 98 valence electrons. The monoisotopic (exact) mass is 237 g/mol. The standard InChI is InChI=1S/C15H27NO/c1-11(12-4-5-12)14(16)13-6-9-17-15(10-13)7-2-3-8-15/h11-14H,2-10,16H2,1H3. The van der Waals surface area contributed by atoms with Gasteiger partial charge < -0.3 is 10.5 Å². The molecular formula is C15H27NO. The van der Waals surface area contributed by atoms with Crippen LogP contribution < -0.4 is 5.73 Å². The van der Waals surface area contributed by atoms with Crippen molar-refractivity contribution in [3.8, 4) is 0 Å². The number of rotatable bonds is 3. The van der Waals surface area contributed by atoms with Crippen molar-refractivity contribution in [3.63, 3.8) is 0 Å². The molecule has 2 N–H and O–H groups in total. The smallest absolute Gasteiger partial charge is 0.0685 e. The average molecular weight is 237 g/mol. The maximum atomic E-state index is 6.53. The van der Waals surface area contributed by atoms with E-state index in [0.717, 1.165) is 24.4 Å². The molecule has 3 fully saturated rings. The molecule has 0 aromatic carbocycles. The second-order valence-corrected chi connectivity index (χ2v) is 6.77. The van der Waals surface area contributed by atoms with Crippen LogP contribution in [0.3, 0.4) is 0 Å². The topological polar surface area (TPSA) is 35.2 Å². The zero-order valence-corrected chi connectivity index (χ0v) is 11.2. The fraction of sp³-hybridized carbons (Fsp3) is 1.00. The lowest BCUT2D eigenvalue weighted by Gasteiger charge is -2.42. The van der Waals surface area contributed by atoms with Crippen molar-refractivity contribution in [2.24, 2.45) is 23.5 Å². The third-order valence-corrected chi connectivity index (χ3v) is 5.56. The summed E-state index contributed by atoms with van der Waals surface area (Å²) in [7, 11) is 0. The highest BCUT2D eigenvalue weighted by Crippen LogP contribution is 2.46. The van der Waals surface area contributed by atoms with Crippen molar-refractivity contribution in [2.75, 3.05) is 6.61 Å². The molecule has 0 radical (unpaired) electrons. The summed E-state index contributed by atoms with van der Waals surface area (Å²) in [5.41, 5.74) is 6.77. The Morgan fingerprint density at radius 2 is 1.82 bits per heavy atom. The number of nitrogens with two attached hydrogens (primary N) is 1. The van der Waals surface area contributed by atoms with Crippen LogP contribution in [0.1, 0.15) is 58.3 Å². The van der Waals surface area contributed by atoms with Gasteiger partial charge in [0.25, 0.3) is 0 Å². The van der Waals surface area contributed by atoms with Crippen molar-refractivity contribution in [2.45, 2.75) is 69.9 Å². The highest BCUT2D eigenvalue weighted by molar-refractivity contribution is 4.96. The van der Waals surface area contributed by atoms with Crippen molar-refractivity contribution in [3.05, 3.63) is 0 Å². The lowest BCUT2D eigenvalue weighted by atomic mass is 9.76. The molecule has 3 atom stereocenters. The van der Waals surface area contributed by atoms with Gasteiger partial charge in [-0.05, 0) is 56.3 Å². The summed E-state index contributed by atoms with van der Waals surface area (Å²) in [6, 6.07) is 0.420. The molecule has 2 nitrogen and oxygen atoms in total. The summed E-state index contributed by atoms with van der Waals surface area (Å²) in [5, 5.41) is 0. The Balaban J connectivity index is 1.62. The molecule has 0 aromatic rings. The Labute approximate surface area is 105 Å². The van der Waals surface area contributed by atoms with Crippen LogP contribution in [-0.2, 0) is 4.74 Å². The summed E-state index contributed by atoms with van der Waals surface area (Å²) in [6.07, 6.45) is 10.6. The van der Waals surface area contributed by atoms with Crippen molar-refractivity contribution >= 4 is 0 Å². The third kappa shape index (κ3) is 2.39. The van der Waals surface area contributed by atoms with Crippen molar-refractivity contribution in [1.82, 2.24) is 0 Å². The summed E-state index contributed by atoms with van der Waals surface area (Å²) < 4.78 is 6.11. The van der Waals surface area contributed by atoms with Crippen LogP contribution in [0.25, 0.3) is 0 Å². The minimum Gasteiger partial charge on any atom is -0.375 e. The Bertz CT molecular complexity index is 268. The van der Waals surface area contributed by atoms with Crippen LogP contribution in [0.15, 0.2) is 0 Å². The van der Waals surface area contributed by atoms with Gasteiger partial charge in [0.05, 0.1) is 5.60 Å². The highest BCUT2D eigenvalue weighted by Gasteiger charge is 2.43. The van der Waals surface area contributed by atoms with E-state index < -0.39 is 0 Å². The van der Waals surface area contributed by atoms with E-state index in [9.17, 15) is 0 Å².